The molecule has 2 aliphatic carbocycles. The Morgan fingerprint density at radius 1 is 0.290 bits per heavy atom. The summed E-state index contributed by atoms with van der Waals surface area (Å²) in [6.45, 7) is 0. The third-order valence-corrected chi connectivity index (χ3v) is 13.0. The molecule has 0 unspecified atom stereocenters. The molecule has 2 aromatic heterocycles. The van der Waals surface area contributed by atoms with E-state index in [0.717, 1.165) is 49.8 Å². The number of furan rings is 1. The zero-order valence-corrected chi connectivity index (χ0v) is 33.5. The standard InChI is InChI=1S/C58H35N3O/c1-2-16-36(17-3-1)37-18-14-19-38(34-37)55-59-56(61-57(60-55)48-27-15-26-47-46-25-9-13-31-53(46)62-54(47)48)39-32-33-45-44-24-8-12-30-51(44)58(52(45)35-39)49-28-10-6-22-42(49)40-20-4-5-21-41(40)43-23-7-11-29-50(43)58/h1-35H. The van der Waals surface area contributed by atoms with E-state index in [1.54, 1.807) is 0 Å². The number of rotatable bonds is 4. The molecule has 0 radical (unpaired) electrons. The molecule has 4 nitrogen and oxygen atoms in total. The number of hydrogen-bond acceptors (Lipinski definition) is 4. The van der Waals surface area contributed by atoms with Crippen LogP contribution in [0.15, 0.2) is 217 Å². The summed E-state index contributed by atoms with van der Waals surface area (Å²) < 4.78 is 6.58. The van der Waals surface area contributed by atoms with Crippen molar-refractivity contribution in [3.05, 3.63) is 235 Å². The lowest BCUT2D eigenvalue weighted by atomic mass is 9.66. The van der Waals surface area contributed by atoms with Crippen molar-refractivity contribution in [1.29, 1.82) is 0 Å². The highest BCUT2D eigenvalue weighted by Gasteiger charge is 2.49. The Balaban J connectivity index is 1.09. The van der Waals surface area contributed by atoms with Crippen LogP contribution in [-0.4, -0.2) is 15.0 Å². The molecular weight excluding hydrogens is 755 g/mol. The maximum absolute atomic E-state index is 6.58. The first kappa shape index (κ1) is 34.6. The molecule has 0 atom stereocenters. The van der Waals surface area contributed by atoms with Gasteiger partial charge < -0.3 is 4.42 Å². The van der Waals surface area contributed by atoms with E-state index >= 15 is 0 Å². The Morgan fingerprint density at radius 3 is 1.45 bits per heavy atom. The predicted octanol–water partition coefficient (Wildman–Crippen LogP) is 14.4. The molecule has 62 heavy (non-hydrogen) atoms. The van der Waals surface area contributed by atoms with Gasteiger partial charge in [0.05, 0.1) is 11.0 Å². The molecule has 1 spiro atoms. The van der Waals surface area contributed by atoms with Gasteiger partial charge in [-0.15, -0.1) is 0 Å². The van der Waals surface area contributed by atoms with E-state index in [-0.39, 0.29) is 0 Å². The van der Waals surface area contributed by atoms with Crippen molar-refractivity contribution in [2.24, 2.45) is 0 Å². The summed E-state index contributed by atoms with van der Waals surface area (Å²) in [6, 6.07) is 75.9. The van der Waals surface area contributed by atoms with Crippen molar-refractivity contribution in [1.82, 2.24) is 15.0 Å². The minimum absolute atomic E-state index is 0.555. The number of benzene rings is 9. The maximum atomic E-state index is 6.58. The van der Waals surface area contributed by atoms with Crippen molar-refractivity contribution in [2.45, 2.75) is 5.41 Å². The highest BCUT2D eigenvalue weighted by atomic mass is 16.3. The molecule has 4 heteroatoms. The second-order valence-electron chi connectivity index (χ2n) is 16.2. The summed E-state index contributed by atoms with van der Waals surface area (Å²) in [5, 5.41) is 2.08. The predicted molar refractivity (Wildman–Crippen MR) is 251 cm³/mol. The third kappa shape index (κ3) is 4.98. The Bertz CT molecular complexity index is 3540. The fourth-order valence-electron chi connectivity index (χ4n) is 10.3. The van der Waals surface area contributed by atoms with Crippen molar-refractivity contribution < 1.29 is 4.42 Å². The van der Waals surface area contributed by atoms with Crippen LogP contribution in [-0.2, 0) is 5.41 Å². The van der Waals surface area contributed by atoms with Crippen molar-refractivity contribution in [3.8, 4) is 78.7 Å². The summed E-state index contributed by atoms with van der Waals surface area (Å²) in [4.78, 5) is 16.0. The van der Waals surface area contributed by atoms with Crippen molar-refractivity contribution in [2.75, 3.05) is 0 Å². The van der Waals surface area contributed by atoms with Crippen LogP contribution in [0.1, 0.15) is 22.3 Å². The average Bonchev–Trinajstić information content (AvgIpc) is 3.84. The molecule has 0 aliphatic heterocycles. The normalized spacial score (nSPS) is 13.0. The molecule has 288 valence electrons. The zero-order chi connectivity index (χ0) is 40.8. The third-order valence-electron chi connectivity index (χ3n) is 13.0. The van der Waals surface area contributed by atoms with Crippen LogP contribution in [0.3, 0.4) is 0 Å². The molecule has 0 saturated heterocycles. The SMILES string of the molecule is c1ccc(-c2cccc(-c3nc(-c4ccc5c(c4)C4(c6ccccc6-c6ccccc6-c6ccccc64)c4ccccc4-5)nc(-c4cccc5c4oc4ccccc45)n3)c2)cc1. The molecule has 13 rings (SSSR count). The first-order valence-electron chi connectivity index (χ1n) is 21.1. The maximum Gasteiger partial charge on any atom is 0.167 e. The summed E-state index contributed by atoms with van der Waals surface area (Å²) in [5.41, 5.74) is 18.2. The smallest absolute Gasteiger partial charge is 0.167 e. The Kier molecular flexibility index (Phi) is 7.49. The van der Waals surface area contributed by atoms with Crippen molar-refractivity contribution >= 4 is 21.9 Å². The molecule has 0 amide bonds. The van der Waals surface area contributed by atoms with E-state index in [4.69, 9.17) is 19.4 Å². The average molecular weight is 790 g/mol. The van der Waals surface area contributed by atoms with E-state index in [9.17, 15) is 0 Å². The highest BCUT2D eigenvalue weighted by Crippen LogP contribution is 2.61. The minimum Gasteiger partial charge on any atom is -0.455 e. The van der Waals surface area contributed by atoms with E-state index in [2.05, 4.69) is 188 Å². The topological polar surface area (TPSA) is 51.8 Å². The minimum atomic E-state index is -0.628. The molecule has 0 saturated carbocycles. The lowest BCUT2D eigenvalue weighted by Gasteiger charge is -2.35. The van der Waals surface area contributed by atoms with E-state index in [1.165, 1.54) is 55.6 Å². The Hall–Kier alpha value is -8.21. The van der Waals surface area contributed by atoms with Crippen LogP contribution in [0.25, 0.3) is 101 Å². The van der Waals surface area contributed by atoms with Crippen LogP contribution in [0, 0.1) is 0 Å². The lowest BCUT2D eigenvalue weighted by Crippen LogP contribution is -2.29. The van der Waals surface area contributed by atoms with Gasteiger partial charge in [0.25, 0.3) is 0 Å². The molecule has 9 aromatic carbocycles. The summed E-state index contributed by atoms with van der Waals surface area (Å²) in [6.07, 6.45) is 0. The molecule has 11 aromatic rings. The lowest BCUT2D eigenvalue weighted by molar-refractivity contribution is 0.669. The van der Waals surface area contributed by atoms with Crippen LogP contribution in [0.4, 0.5) is 0 Å². The van der Waals surface area contributed by atoms with Gasteiger partial charge in [0.1, 0.15) is 11.2 Å². The molecule has 2 aliphatic rings. The van der Waals surface area contributed by atoms with Crippen molar-refractivity contribution in [3.63, 3.8) is 0 Å². The number of nitrogens with zero attached hydrogens (tertiary/aromatic N) is 3. The summed E-state index contributed by atoms with van der Waals surface area (Å²) >= 11 is 0. The van der Waals surface area contributed by atoms with Crippen LogP contribution < -0.4 is 0 Å². The zero-order valence-electron chi connectivity index (χ0n) is 33.5. The second-order valence-corrected chi connectivity index (χ2v) is 16.2. The van der Waals surface area contributed by atoms with Gasteiger partial charge in [0.2, 0.25) is 0 Å². The largest absolute Gasteiger partial charge is 0.455 e. The second kappa shape index (κ2) is 13.4. The van der Waals surface area contributed by atoms with E-state index < -0.39 is 5.41 Å². The molecule has 0 bridgehead atoms. The van der Waals surface area contributed by atoms with Gasteiger partial charge in [-0.25, -0.2) is 15.0 Å². The first-order chi connectivity index (χ1) is 30.7. The number of aromatic nitrogens is 3. The molecule has 0 N–H and O–H groups in total. The quantitative estimate of drug-likeness (QED) is 0.178. The van der Waals surface area contributed by atoms with Gasteiger partial charge in [-0.2, -0.15) is 0 Å². The van der Waals surface area contributed by atoms with Gasteiger partial charge in [-0.3, -0.25) is 0 Å². The van der Waals surface area contributed by atoms with Crippen LogP contribution >= 0.6 is 0 Å². The van der Waals surface area contributed by atoms with Crippen LogP contribution in [0.2, 0.25) is 0 Å². The van der Waals surface area contributed by atoms with Gasteiger partial charge >= 0.3 is 0 Å². The van der Waals surface area contributed by atoms with Gasteiger partial charge in [0, 0.05) is 21.9 Å². The van der Waals surface area contributed by atoms with Gasteiger partial charge in [0.15, 0.2) is 17.5 Å². The molecule has 0 fully saturated rings. The summed E-state index contributed by atoms with van der Waals surface area (Å²) in [5.74, 6) is 1.74. The number of para-hydroxylation sites is 2. The number of hydrogen-bond donors (Lipinski definition) is 0. The van der Waals surface area contributed by atoms with E-state index in [1.807, 2.05) is 24.3 Å². The Morgan fingerprint density at radius 2 is 0.758 bits per heavy atom. The van der Waals surface area contributed by atoms with Gasteiger partial charge in [-0.05, 0) is 91.0 Å². The Labute approximate surface area is 358 Å². The monoisotopic (exact) mass is 789 g/mol. The summed E-state index contributed by atoms with van der Waals surface area (Å²) in [7, 11) is 0. The highest BCUT2D eigenvalue weighted by molar-refractivity contribution is 6.09. The first-order valence-corrected chi connectivity index (χ1v) is 21.1. The molecular formula is C58H35N3O. The van der Waals surface area contributed by atoms with Crippen LogP contribution in [0.5, 0.6) is 0 Å². The fraction of sp³-hybridized carbons (Fsp3) is 0.0172. The fourth-order valence-corrected chi connectivity index (χ4v) is 10.3. The number of fused-ring (bicyclic) bond motifs is 15. The molecule has 2 heterocycles. The van der Waals surface area contributed by atoms with Gasteiger partial charge in [-0.1, -0.05) is 188 Å². The van der Waals surface area contributed by atoms with E-state index in [0.29, 0.717) is 17.5 Å².